The Kier molecular flexibility index (Phi) is 4.62. The van der Waals surface area contributed by atoms with Crippen molar-refractivity contribution in [1.29, 1.82) is 0 Å². The molecule has 0 aliphatic carbocycles. The van der Waals surface area contributed by atoms with Crippen molar-refractivity contribution >= 4 is 17.4 Å². The monoisotopic (exact) mass is 296 g/mol. The molecule has 0 aromatic carbocycles. The molecule has 0 spiro atoms. The minimum absolute atomic E-state index is 0.291. The second-order valence-electron chi connectivity index (χ2n) is 5.47. The number of aromatic nitrogens is 1. The highest BCUT2D eigenvalue weighted by atomic mass is 16.6. The van der Waals surface area contributed by atoms with E-state index in [1.807, 2.05) is 0 Å². The number of Topliss-reactive ketones (excluding diaryl/α,β-unsaturated/α-hetero) is 1. The Morgan fingerprint density at radius 1 is 1.38 bits per heavy atom. The number of hydrogen-bond acceptors (Lipinski definition) is 6. The van der Waals surface area contributed by atoms with Crippen LogP contribution in [0, 0.1) is 15.5 Å². The van der Waals surface area contributed by atoms with Crippen molar-refractivity contribution in [3.05, 3.63) is 38.3 Å². The molecule has 0 atom stereocenters. The predicted octanol–water partition coefficient (Wildman–Crippen LogP) is 1.16. The molecule has 21 heavy (non-hydrogen) atoms. The Labute approximate surface area is 120 Å². The number of ketones is 1. The molecule has 114 valence electrons. The number of methoxy groups -OCH3 is 1. The average molecular weight is 296 g/mol. The van der Waals surface area contributed by atoms with Gasteiger partial charge in [-0.2, -0.15) is 0 Å². The van der Waals surface area contributed by atoms with Crippen LogP contribution in [-0.4, -0.2) is 28.4 Å². The summed E-state index contributed by atoms with van der Waals surface area (Å²) < 4.78 is 5.28. The third kappa shape index (κ3) is 3.74. The van der Waals surface area contributed by atoms with E-state index in [2.05, 4.69) is 4.74 Å². The summed E-state index contributed by atoms with van der Waals surface area (Å²) in [5.74, 6) is -1.28. The molecule has 0 radical (unpaired) electrons. The molecule has 0 unspecified atom stereocenters. The van der Waals surface area contributed by atoms with Crippen LogP contribution in [0.25, 0.3) is 0 Å². The standard InChI is InChI=1S/C13H16N2O6/c1-13(2,3)10(16)7-14-6-8(15(19)20)5-9(11(14)17)12(18)21-4/h5-6H,7H2,1-4H3. The van der Waals surface area contributed by atoms with Gasteiger partial charge in [0, 0.05) is 11.5 Å². The highest BCUT2D eigenvalue weighted by Crippen LogP contribution is 2.17. The van der Waals surface area contributed by atoms with Crippen LogP contribution < -0.4 is 5.56 Å². The first kappa shape index (κ1) is 16.5. The number of esters is 1. The van der Waals surface area contributed by atoms with Crippen LogP contribution >= 0.6 is 0 Å². The number of rotatable bonds is 4. The molecule has 1 heterocycles. The van der Waals surface area contributed by atoms with Crippen molar-refractivity contribution in [3.8, 4) is 0 Å². The summed E-state index contributed by atoms with van der Waals surface area (Å²) >= 11 is 0. The number of ether oxygens (including phenoxy) is 1. The van der Waals surface area contributed by atoms with Gasteiger partial charge in [-0.15, -0.1) is 0 Å². The van der Waals surface area contributed by atoms with Crippen LogP contribution in [0.4, 0.5) is 5.69 Å². The van der Waals surface area contributed by atoms with Gasteiger partial charge in [-0.25, -0.2) is 4.79 Å². The summed E-state index contributed by atoms with van der Waals surface area (Å²) in [4.78, 5) is 45.7. The van der Waals surface area contributed by atoms with Crippen LogP contribution in [0.3, 0.4) is 0 Å². The number of pyridine rings is 1. The van der Waals surface area contributed by atoms with Crippen molar-refractivity contribution in [2.45, 2.75) is 27.3 Å². The van der Waals surface area contributed by atoms with E-state index in [-0.39, 0.29) is 12.3 Å². The molecule has 0 fully saturated rings. The van der Waals surface area contributed by atoms with E-state index in [1.54, 1.807) is 20.8 Å². The van der Waals surface area contributed by atoms with Crippen molar-refractivity contribution in [2.24, 2.45) is 5.41 Å². The largest absolute Gasteiger partial charge is 0.465 e. The smallest absolute Gasteiger partial charge is 0.343 e. The molecular formula is C13H16N2O6. The molecule has 0 aliphatic rings. The molecule has 0 bridgehead atoms. The van der Waals surface area contributed by atoms with E-state index >= 15 is 0 Å². The fraction of sp³-hybridized carbons (Fsp3) is 0.462. The Morgan fingerprint density at radius 3 is 2.38 bits per heavy atom. The zero-order valence-corrected chi connectivity index (χ0v) is 12.2. The third-order valence-corrected chi connectivity index (χ3v) is 2.84. The average Bonchev–Trinajstić information content (AvgIpc) is 2.38. The lowest BCUT2D eigenvalue weighted by molar-refractivity contribution is -0.385. The zero-order valence-electron chi connectivity index (χ0n) is 12.2. The van der Waals surface area contributed by atoms with E-state index < -0.39 is 33.1 Å². The van der Waals surface area contributed by atoms with Gasteiger partial charge in [0.15, 0.2) is 5.78 Å². The summed E-state index contributed by atoms with van der Waals surface area (Å²) in [7, 11) is 1.06. The molecule has 0 saturated carbocycles. The van der Waals surface area contributed by atoms with Gasteiger partial charge < -0.3 is 9.30 Å². The fourth-order valence-corrected chi connectivity index (χ4v) is 1.49. The molecule has 1 rings (SSSR count). The number of nitrogens with zero attached hydrogens (tertiary/aromatic N) is 2. The summed E-state index contributed by atoms with van der Waals surface area (Å²) in [6.45, 7) is 4.64. The lowest BCUT2D eigenvalue weighted by Gasteiger charge is -2.17. The van der Waals surface area contributed by atoms with Gasteiger partial charge in [0.2, 0.25) is 0 Å². The first-order valence-electron chi connectivity index (χ1n) is 6.08. The van der Waals surface area contributed by atoms with Gasteiger partial charge in [0.25, 0.3) is 11.2 Å². The zero-order chi connectivity index (χ0) is 16.4. The topological polar surface area (TPSA) is 109 Å². The van der Waals surface area contributed by atoms with Gasteiger partial charge in [0.1, 0.15) is 5.56 Å². The summed E-state index contributed by atoms with van der Waals surface area (Å²) in [6.07, 6.45) is 0.943. The van der Waals surface area contributed by atoms with Crippen LogP contribution in [0.15, 0.2) is 17.1 Å². The third-order valence-electron chi connectivity index (χ3n) is 2.84. The Morgan fingerprint density at radius 2 is 1.95 bits per heavy atom. The summed E-state index contributed by atoms with van der Waals surface area (Å²) in [5, 5.41) is 10.9. The van der Waals surface area contributed by atoms with Crippen molar-refractivity contribution in [3.63, 3.8) is 0 Å². The first-order valence-corrected chi connectivity index (χ1v) is 6.08. The highest BCUT2D eigenvalue weighted by molar-refractivity contribution is 5.90. The van der Waals surface area contributed by atoms with E-state index in [9.17, 15) is 24.5 Å². The second-order valence-corrected chi connectivity index (χ2v) is 5.47. The number of hydrogen-bond donors (Lipinski definition) is 0. The number of nitro groups is 1. The number of carbonyl (C=O) groups excluding carboxylic acids is 2. The lowest BCUT2D eigenvalue weighted by Crippen LogP contribution is -2.33. The quantitative estimate of drug-likeness (QED) is 0.468. The minimum Gasteiger partial charge on any atom is -0.465 e. The van der Waals surface area contributed by atoms with Gasteiger partial charge in [0.05, 0.1) is 24.8 Å². The van der Waals surface area contributed by atoms with Crippen molar-refractivity contribution < 1.29 is 19.2 Å². The Balaban J connectivity index is 3.41. The predicted molar refractivity (Wildman–Crippen MR) is 73.2 cm³/mol. The second kappa shape index (κ2) is 5.86. The molecule has 1 aromatic heterocycles. The van der Waals surface area contributed by atoms with E-state index in [4.69, 9.17) is 0 Å². The molecule has 1 aromatic rings. The van der Waals surface area contributed by atoms with Gasteiger partial charge in [-0.3, -0.25) is 19.7 Å². The molecule has 0 saturated heterocycles. The molecule has 0 N–H and O–H groups in total. The SMILES string of the molecule is COC(=O)c1cc([N+](=O)[O-])cn(CC(=O)C(C)(C)C)c1=O. The normalized spacial score (nSPS) is 11.0. The molecular weight excluding hydrogens is 280 g/mol. The Hall–Kier alpha value is -2.51. The van der Waals surface area contributed by atoms with Gasteiger partial charge in [-0.05, 0) is 0 Å². The van der Waals surface area contributed by atoms with Crippen molar-refractivity contribution in [2.75, 3.05) is 7.11 Å². The van der Waals surface area contributed by atoms with E-state index in [1.165, 1.54) is 0 Å². The van der Waals surface area contributed by atoms with Gasteiger partial charge >= 0.3 is 5.97 Å². The minimum atomic E-state index is -0.986. The number of carbonyl (C=O) groups is 2. The van der Waals surface area contributed by atoms with Crippen LogP contribution in [0.2, 0.25) is 0 Å². The highest BCUT2D eigenvalue weighted by Gasteiger charge is 2.25. The van der Waals surface area contributed by atoms with Crippen LogP contribution in [-0.2, 0) is 16.1 Å². The maximum Gasteiger partial charge on any atom is 0.343 e. The first-order chi connectivity index (χ1) is 9.57. The lowest BCUT2D eigenvalue weighted by atomic mass is 9.91. The van der Waals surface area contributed by atoms with Crippen molar-refractivity contribution in [1.82, 2.24) is 4.57 Å². The molecule has 8 nitrogen and oxygen atoms in total. The molecule has 0 aliphatic heterocycles. The van der Waals surface area contributed by atoms with E-state index in [0.29, 0.717) is 0 Å². The molecule has 8 heteroatoms. The van der Waals surface area contributed by atoms with Gasteiger partial charge in [-0.1, -0.05) is 20.8 Å². The molecule has 0 amide bonds. The maximum absolute atomic E-state index is 12.1. The van der Waals surface area contributed by atoms with Crippen LogP contribution in [0.1, 0.15) is 31.1 Å². The summed E-state index contributed by atoms with van der Waals surface area (Å²) in [5.41, 5.74) is -2.45. The maximum atomic E-state index is 12.1. The van der Waals surface area contributed by atoms with Crippen LogP contribution in [0.5, 0.6) is 0 Å². The Bertz CT molecular complexity index is 654. The van der Waals surface area contributed by atoms with E-state index in [0.717, 1.165) is 23.9 Å². The fourth-order valence-electron chi connectivity index (χ4n) is 1.49. The summed E-state index contributed by atoms with van der Waals surface area (Å²) in [6, 6.07) is 0.840.